The number of aliphatic carboxylic acids is 1. The number of hydrogen-bond donors (Lipinski definition) is 3. The number of nitrogens with one attached hydrogen (secondary N) is 1. The van der Waals surface area contributed by atoms with E-state index >= 15 is 0 Å². The van der Waals surface area contributed by atoms with E-state index in [0.29, 0.717) is 36.4 Å². The maximum absolute atomic E-state index is 13.3. The minimum atomic E-state index is -1.07. The molecule has 2 aromatic carbocycles. The number of likely N-dealkylation sites (N-methyl/N-ethyl adjacent to an activating group) is 1. The van der Waals surface area contributed by atoms with Crippen molar-refractivity contribution in [1.82, 2.24) is 14.8 Å². The molecule has 1 saturated heterocycles. The largest absolute Gasteiger partial charge is 0.482 e. The molecule has 1 aliphatic rings. The Morgan fingerprint density at radius 1 is 1.29 bits per heavy atom. The number of β-amino-alcohol motifs (C(OH)–C–C–N with tert-alkyl or cyclic N) is 1. The standard InChI is InChI=1S/C24H27N3O7.H2S/c1-26(22(29)10-15-5-6-21-19(9-15)25-24(32)34-21)20(13-27-8-7-17(28)12-27)16-3-2-4-18(11-16)33-14-23(30)31;/h2-6,9,11,17,20,28H,7-8,10,12-14H2,1H3,(H,25,32)(H,30,31);1H2/t17-,20?;/m0./s1. The van der Waals surface area contributed by atoms with E-state index in [1.54, 1.807) is 48.3 Å². The van der Waals surface area contributed by atoms with Gasteiger partial charge in [-0.3, -0.25) is 14.7 Å². The summed E-state index contributed by atoms with van der Waals surface area (Å²) in [5.74, 6) is -1.35. The normalized spacial score (nSPS) is 16.6. The van der Waals surface area contributed by atoms with Gasteiger partial charge in [-0.2, -0.15) is 13.5 Å². The van der Waals surface area contributed by atoms with Gasteiger partial charge in [-0.05, 0) is 41.8 Å². The summed E-state index contributed by atoms with van der Waals surface area (Å²) in [4.78, 5) is 41.9. The average Bonchev–Trinajstić information content (AvgIpc) is 3.39. The predicted molar refractivity (Wildman–Crippen MR) is 133 cm³/mol. The Kier molecular flexibility index (Phi) is 8.60. The number of aromatic nitrogens is 1. The highest BCUT2D eigenvalue weighted by Gasteiger charge is 2.28. The van der Waals surface area contributed by atoms with Gasteiger partial charge in [0.15, 0.2) is 12.2 Å². The van der Waals surface area contributed by atoms with Crippen LogP contribution in [0.15, 0.2) is 51.7 Å². The summed E-state index contributed by atoms with van der Waals surface area (Å²) in [5.41, 5.74) is 2.49. The zero-order valence-corrected chi connectivity index (χ0v) is 20.3. The topological polar surface area (TPSA) is 136 Å². The smallest absolute Gasteiger partial charge is 0.417 e. The molecular weight excluding hydrogens is 474 g/mol. The van der Waals surface area contributed by atoms with Gasteiger partial charge >= 0.3 is 11.7 Å². The molecule has 188 valence electrons. The number of oxazole rings is 1. The van der Waals surface area contributed by atoms with Crippen molar-refractivity contribution in [2.24, 2.45) is 0 Å². The Morgan fingerprint density at radius 2 is 2.09 bits per heavy atom. The van der Waals surface area contributed by atoms with Gasteiger partial charge in [0.2, 0.25) is 5.91 Å². The Bertz CT molecular complexity index is 1240. The Morgan fingerprint density at radius 3 is 2.80 bits per heavy atom. The summed E-state index contributed by atoms with van der Waals surface area (Å²) < 4.78 is 10.3. The predicted octanol–water partition coefficient (Wildman–Crippen LogP) is 1.51. The van der Waals surface area contributed by atoms with E-state index in [1.165, 1.54) is 0 Å². The number of aliphatic hydroxyl groups is 1. The van der Waals surface area contributed by atoms with Crippen LogP contribution < -0.4 is 10.5 Å². The zero-order valence-electron chi connectivity index (χ0n) is 19.3. The quantitative estimate of drug-likeness (QED) is 0.400. The van der Waals surface area contributed by atoms with Crippen molar-refractivity contribution >= 4 is 36.5 Å². The van der Waals surface area contributed by atoms with E-state index in [2.05, 4.69) is 9.88 Å². The number of amides is 1. The molecule has 4 rings (SSSR count). The first-order valence-corrected chi connectivity index (χ1v) is 11.0. The lowest BCUT2D eigenvalue weighted by Gasteiger charge is -2.32. The fraction of sp³-hybridized carbons (Fsp3) is 0.375. The molecule has 10 nitrogen and oxygen atoms in total. The first-order valence-electron chi connectivity index (χ1n) is 11.0. The summed E-state index contributed by atoms with van der Waals surface area (Å²) in [6.07, 6.45) is 0.402. The van der Waals surface area contributed by atoms with E-state index < -0.39 is 24.4 Å². The molecule has 0 bridgehead atoms. The number of carbonyl (C=O) groups excluding carboxylic acids is 1. The molecule has 3 aromatic rings. The van der Waals surface area contributed by atoms with Gasteiger partial charge in [-0.15, -0.1) is 0 Å². The van der Waals surface area contributed by atoms with E-state index in [9.17, 15) is 19.5 Å². The number of carbonyl (C=O) groups is 2. The monoisotopic (exact) mass is 503 g/mol. The van der Waals surface area contributed by atoms with Gasteiger partial charge in [0, 0.05) is 26.7 Å². The minimum Gasteiger partial charge on any atom is -0.482 e. The number of aromatic amines is 1. The van der Waals surface area contributed by atoms with Crippen molar-refractivity contribution in [3.63, 3.8) is 0 Å². The molecule has 1 amide bonds. The molecule has 1 fully saturated rings. The van der Waals surface area contributed by atoms with E-state index in [1.807, 2.05) is 6.07 Å². The van der Waals surface area contributed by atoms with Crippen LogP contribution in [-0.4, -0.2) is 76.3 Å². The van der Waals surface area contributed by atoms with Crippen molar-refractivity contribution < 1.29 is 29.0 Å². The number of fused-ring (bicyclic) bond motifs is 1. The molecule has 2 atom stereocenters. The number of H-pyrrole nitrogens is 1. The van der Waals surface area contributed by atoms with Crippen LogP contribution >= 0.6 is 13.5 Å². The maximum Gasteiger partial charge on any atom is 0.417 e. The zero-order chi connectivity index (χ0) is 24.2. The van der Waals surface area contributed by atoms with Crippen LogP contribution in [0.25, 0.3) is 11.1 Å². The van der Waals surface area contributed by atoms with Gasteiger partial charge in [0.25, 0.3) is 0 Å². The molecule has 0 saturated carbocycles. The van der Waals surface area contributed by atoms with Crippen molar-refractivity contribution in [3.05, 3.63) is 64.1 Å². The summed E-state index contributed by atoms with van der Waals surface area (Å²) in [5, 5.41) is 18.9. The Balaban J connectivity index is 0.00000342. The number of rotatable bonds is 9. The summed E-state index contributed by atoms with van der Waals surface area (Å²) in [6.45, 7) is 1.30. The second-order valence-corrected chi connectivity index (χ2v) is 8.50. The molecule has 0 radical (unpaired) electrons. The number of ether oxygens (including phenoxy) is 1. The Labute approximate surface area is 208 Å². The molecule has 0 aliphatic carbocycles. The van der Waals surface area contributed by atoms with Crippen molar-refractivity contribution in [2.45, 2.75) is 25.0 Å². The van der Waals surface area contributed by atoms with Gasteiger partial charge in [0.1, 0.15) is 5.75 Å². The highest BCUT2D eigenvalue weighted by Crippen LogP contribution is 2.27. The van der Waals surface area contributed by atoms with E-state index in [-0.39, 0.29) is 31.9 Å². The molecule has 35 heavy (non-hydrogen) atoms. The van der Waals surface area contributed by atoms with Gasteiger partial charge in [0.05, 0.1) is 24.1 Å². The summed E-state index contributed by atoms with van der Waals surface area (Å²) in [7, 11) is 1.72. The van der Waals surface area contributed by atoms with Crippen LogP contribution in [0.2, 0.25) is 0 Å². The fourth-order valence-electron chi connectivity index (χ4n) is 4.21. The van der Waals surface area contributed by atoms with Crippen LogP contribution in [0.5, 0.6) is 5.75 Å². The van der Waals surface area contributed by atoms with Crippen LogP contribution in [0, 0.1) is 0 Å². The molecule has 1 aromatic heterocycles. The lowest BCUT2D eigenvalue weighted by Crippen LogP contribution is -2.39. The molecule has 3 N–H and O–H groups in total. The van der Waals surface area contributed by atoms with Crippen molar-refractivity contribution in [3.8, 4) is 5.75 Å². The molecule has 0 spiro atoms. The number of likely N-dealkylation sites (tertiary alicyclic amines) is 1. The summed E-state index contributed by atoms with van der Waals surface area (Å²) in [6, 6.07) is 11.8. The minimum absolute atomic E-state index is 0. The van der Waals surface area contributed by atoms with Crippen LogP contribution in [0.4, 0.5) is 0 Å². The SMILES string of the molecule is CN(C(=O)Cc1ccc2oc(=O)[nH]c2c1)C(CN1CC[C@H](O)C1)c1cccc(OCC(=O)O)c1.S. The van der Waals surface area contributed by atoms with Crippen molar-refractivity contribution in [2.75, 3.05) is 33.3 Å². The molecule has 2 heterocycles. The number of aliphatic hydroxyl groups excluding tert-OH is 1. The van der Waals surface area contributed by atoms with Crippen molar-refractivity contribution in [1.29, 1.82) is 0 Å². The first-order chi connectivity index (χ1) is 16.3. The third kappa shape index (κ3) is 6.65. The van der Waals surface area contributed by atoms with Crippen LogP contribution in [0.3, 0.4) is 0 Å². The lowest BCUT2D eigenvalue weighted by molar-refractivity contribution is -0.139. The van der Waals surface area contributed by atoms with Crippen LogP contribution in [0.1, 0.15) is 23.6 Å². The van der Waals surface area contributed by atoms with E-state index in [0.717, 1.165) is 17.7 Å². The third-order valence-electron chi connectivity index (χ3n) is 5.98. The van der Waals surface area contributed by atoms with Crippen LogP contribution in [-0.2, 0) is 16.0 Å². The lowest BCUT2D eigenvalue weighted by atomic mass is 10.0. The second-order valence-electron chi connectivity index (χ2n) is 8.50. The third-order valence-corrected chi connectivity index (χ3v) is 5.98. The second kappa shape index (κ2) is 11.4. The molecule has 11 heteroatoms. The number of nitrogens with zero attached hydrogens (tertiary/aromatic N) is 2. The highest BCUT2D eigenvalue weighted by atomic mass is 32.1. The van der Waals surface area contributed by atoms with Gasteiger partial charge < -0.3 is 24.3 Å². The van der Waals surface area contributed by atoms with Gasteiger partial charge in [-0.1, -0.05) is 18.2 Å². The first kappa shape index (κ1) is 26.3. The maximum atomic E-state index is 13.3. The number of hydrogen-bond acceptors (Lipinski definition) is 7. The molecule has 1 unspecified atom stereocenters. The molecular formula is C24H29N3O7S. The van der Waals surface area contributed by atoms with E-state index in [4.69, 9.17) is 14.3 Å². The summed E-state index contributed by atoms with van der Waals surface area (Å²) >= 11 is 0. The molecule has 1 aliphatic heterocycles. The number of carboxylic acids is 1. The van der Waals surface area contributed by atoms with Gasteiger partial charge in [-0.25, -0.2) is 9.59 Å². The Hall–Kier alpha value is -3.28. The number of carboxylic acid groups (broad SMARTS) is 1. The average molecular weight is 504 g/mol. The fourth-order valence-corrected chi connectivity index (χ4v) is 4.21. The number of benzene rings is 2. The highest BCUT2D eigenvalue weighted by molar-refractivity contribution is 7.59.